The zero-order valence-electron chi connectivity index (χ0n) is 30.7. The van der Waals surface area contributed by atoms with Gasteiger partial charge in [-0.25, -0.2) is 4.99 Å². The molecule has 2 aliphatic carbocycles. The van der Waals surface area contributed by atoms with Gasteiger partial charge in [0.05, 0.1) is 17.2 Å². The first-order valence-electron chi connectivity index (χ1n) is 19.5. The van der Waals surface area contributed by atoms with Crippen LogP contribution in [0.25, 0.3) is 28.0 Å². The fourth-order valence-electron chi connectivity index (χ4n) is 9.62. The minimum Gasteiger partial charge on any atom is -0.457 e. The maximum atomic E-state index is 6.71. The van der Waals surface area contributed by atoms with Crippen molar-refractivity contribution in [3.63, 3.8) is 0 Å². The Bertz CT molecular complexity index is 2760. The van der Waals surface area contributed by atoms with Crippen LogP contribution in [0.4, 0.5) is 0 Å². The number of nitrogens with one attached hydrogen (secondary N) is 1. The van der Waals surface area contributed by atoms with Gasteiger partial charge in [-0.3, -0.25) is 0 Å². The number of ether oxygens (including phenoxy) is 1. The first-order chi connectivity index (χ1) is 27.8. The van der Waals surface area contributed by atoms with Gasteiger partial charge in [0.1, 0.15) is 17.3 Å². The second-order valence-electron chi connectivity index (χ2n) is 15.1. The molecule has 1 spiro atoms. The molecule has 0 saturated carbocycles. The Hall–Kier alpha value is -6.97. The summed E-state index contributed by atoms with van der Waals surface area (Å²) in [5.74, 6) is 3.23. The molecule has 11 rings (SSSR count). The predicted octanol–water partition coefficient (Wildman–Crippen LogP) is 12.4. The summed E-state index contributed by atoms with van der Waals surface area (Å²) in [4.78, 5) is 5.31. The molecule has 0 saturated heterocycles. The summed E-state index contributed by atoms with van der Waals surface area (Å²) < 4.78 is 6.71. The normalized spacial score (nSPS) is 21.1. The van der Waals surface area contributed by atoms with E-state index in [9.17, 15) is 0 Å². The van der Waals surface area contributed by atoms with Crippen molar-refractivity contribution in [2.75, 3.05) is 0 Å². The van der Waals surface area contributed by atoms with Crippen molar-refractivity contribution in [2.24, 2.45) is 10.9 Å². The SMILES string of the molecule is C1=CC2c3ccccc3C3(c4ccccc4Oc4ccc(-c5ccc(C6=NC(c7ccccc7-c7ccccc7)=CC(c7ccccc7)N6)cc5)cc43)C2C=C1. The Morgan fingerprint density at radius 1 is 0.500 bits per heavy atom. The van der Waals surface area contributed by atoms with Crippen LogP contribution in [0.1, 0.15) is 50.9 Å². The summed E-state index contributed by atoms with van der Waals surface area (Å²) >= 11 is 0. The van der Waals surface area contributed by atoms with Crippen LogP contribution in [-0.2, 0) is 5.41 Å². The predicted molar refractivity (Wildman–Crippen MR) is 228 cm³/mol. The number of rotatable bonds is 5. The summed E-state index contributed by atoms with van der Waals surface area (Å²) in [6.07, 6.45) is 11.5. The van der Waals surface area contributed by atoms with Gasteiger partial charge in [0.15, 0.2) is 0 Å². The van der Waals surface area contributed by atoms with E-state index in [2.05, 4.69) is 212 Å². The number of allylic oxidation sites excluding steroid dienone is 4. The van der Waals surface area contributed by atoms with Gasteiger partial charge in [-0.1, -0.05) is 182 Å². The molecular weight excluding hydrogens is 681 g/mol. The molecule has 0 bridgehead atoms. The fourth-order valence-corrected chi connectivity index (χ4v) is 9.62. The second-order valence-corrected chi connectivity index (χ2v) is 15.1. The number of fused-ring (bicyclic) bond motifs is 9. The summed E-state index contributed by atoms with van der Waals surface area (Å²) in [5, 5.41) is 3.77. The quantitative estimate of drug-likeness (QED) is 0.192. The molecule has 7 aromatic carbocycles. The maximum Gasteiger partial charge on any atom is 0.134 e. The number of hydrogen-bond acceptors (Lipinski definition) is 3. The zero-order valence-corrected chi connectivity index (χ0v) is 30.7. The molecule has 2 heterocycles. The van der Waals surface area contributed by atoms with Gasteiger partial charge in [-0.15, -0.1) is 0 Å². The van der Waals surface area contributed by atoms with Gasteiger partial charge in [0, 0.05) is 34.1 Å². The van der Waals surface area contributed by atoms with Crippen LogP contribution in [0.15, 0.2) is 211 Å². The van der Waals surface area contributed by atoms with E-state index >= 15 is 0 Å². The van der Waals surface area contributed by atoms with Crippen LogP contribution >= 0.6 is 0 Å². The van der Waals surface area contributed by atoms with Crippen molar-refractivity contribution in [3.8, 4) is 33.8 Å². The van der Waals surface area contributed by atoms with Crippen LogP contribution in [0.2, 0.25) is 0 Å². The highest BCUT2D eigenvalue weighted by Gasteiger charge is 2.56. The maximum absolute atomic E-state index is 6.71. The van der Waals surface area contributed by atoms with Crippen molar-refractivity contribution in [1.82, 2.24) is 5.32 Å². The molecular formula is C53H38N2O. The lowest BCUT2D eigenvalue weighted by molar-refractivity contribution is 0.374. The molecule has 56 heavy (non-hydrogen) atoms. The van der Waals surface area contributed by atoms with Crippen LogP contribution in [0.5, 0.6) is 11.5 Å². The van der Waals surface area contributed by atoms with Crippen molar-refractivity contribution < 1.29 is 4.74 Å². The van der Waals surface area contributed by atoms with Crippen molar-refractivity contribution in [2.45, 2.75) is 17.4 Å². The van der Waals surface area contributed by atoms with E-state index < -0.39 is 0 Å². The Morgan fingerprint density at radius 3 is 1.98 bits per heavy atom. The molecule has 1 N–H and O–H groups in total. The molecule has 4 atom stereocenters. The Balaban J connectivity index is 1.00. The summed E-state index contributed by atoms with van der Waals surface area (Å²) in [7, 11) is 0. The minimum atomic E-state index is -0.380. The lowest BCUT2D eigenvalue weighted by Gasteiger charge is -2.43. The minimum absolute atomic E-state index is 0.0382. The largest absolute Gasteiger partial charge is 0.457 e. The third kappa shape index (κ3) is 5.08. The molecule has 0 radical (unpaired) electrons. The van der Waals surface area contributed by atoms with Crippen molar-refractivity contribution in [3.05, 3.63) is 245 Å². The third-order valence-corrected chi connectivity index (χ3v) is 12.1. The van der Waals surface area contributed by atoms with E-state index in [-0.39, 0.29) is 17.4 Å². The standard InChI is InChI=1S/C53H38N2O/c1-3-15-36(16-4-1)40-19-7-8-22-43(40)49-34-48(37-17-5-2-6-18-37)54-52(55-49)38-29-27-35(28-30-38)39-31-32-51-47(33-39)53(46-25-13-14-26-50(46)56-51)44-23-11-9-20-41(44)42-21-10-12-24-45(42)53/h1-34,41,44,48H,(H,54,55). The van der Waals surface area contributed by atoms with E-state index in [1.807, 2.05) is 0 Å². The van der Waals surface area contributed by atoms with Gasteiger partial charge >= 0.3 is 0 Å². The lowest BCUT2D eigenvalue weighted by atomic mass is 9.61. The van der Waals surface area contributed by atoms with Crippen LogP contribution < -0.4 is 10.1 Å². The molecule has 3 heteroatoms. The van der Waals surface area contributed by atoms with E-state index in [0.717, 1.165) is 45.3 Å². The van der Waals surface area contributed by atoms with E-state index in [0.29, 0.717) is 5.92 Å². The highest BCUT2D eigenvalue weighted by molar-refractivity contribution is 6.04. The third-order valence-electron chi connectivity index (χ3n) is 12.1. The lowest BCUT2D eigenvalue weighted by Crippen LogP contribution is -2.37. The van der Waals surface area contributed by atoms with Gasteiger partial charge in [0.25, 0.3) is 0 Å². The molecule has 2 aliphatic heterocycles. The summed E-state index contributed by atoms with van der Waals surface area (Å²) in [6.45, 7) is 0. The topological polar surface area (TPSA) is 33.6 Å². The Kier molecular flexibility index (Phi) is 7.60. The van der Waals surface area contributed by atoms with Crippen LogP contribution in [0, 0.1) is 5.92 Å². The number of benzene rings is 7. The van der Waals surface area contributed by atoms with E-state index in [4.69, 9.17) is 9.73 Å². The average molecular weight is 719 g/mol. The molecule has 4 unspecified atom stereocenters. The second kappa shape index (κ2) is 13.1. The van der Waals surface area contributed by atoms with E-state index in [1.54, 1.807) is 0 Å². The first-order valence-corrected chi connectivity index (χ1v) is 19.5. The Labute approximate surface area is 327 Å². The summed E-state index contributed by atoms with van der Waals surface area (Å²) in [5.41, 5.74) is 13.8. The average Bonchev–Trinajstić information content (AvgIpc) is 3.57. The summed E-state index contributed by atoms with van der Waals surface area (Å²) in [6, 6.07) is 63.0. The number of nitrogens with zero attached hydrogens (tertiary/aromatic N) is 1. The van der Waals surface area contributed by atoms with Gasteiger partial charge in [-0.2, -0.15) is 0 Å². The van der Waals surface area contributed by atoms with Crippen LogP contribution in [-0.4, -0.2) is 5.84 Å². The molecule has 4 aliphatic rings. The molecule has 0 amide bonds. The molecule has 266 valence electrons. The monoisotopic (exact) mass is 718 g/mol. The van der Waals surface area contributed by atoms with Crippen molar-refractivity contribution >= 4 is 11.5 Å². The molecule has 7 aromatic rings. The zero-order chi connectivity index (χ0) is 37.1. The highest BCUT2D eigenvalue weighted by atomic mass is 16.5. The molecule has 0 aromatic heterocycles. The van der Waals surface area contributed by atoms with Crippen molar-refractivity contribution in [1.29, 1.82) is 0 Å². The highest BCUT2D eigenvalue weighted by Crippen LogP contribution is 2.64. The van der Waals surface area contributed by atoms with Gasteiger partial charge < -0.3 is 10.1 Å². The van der Waals surface area contributed by atoms with E-state index in [1.165, 1.54) is 38.9 Å². The molecule has 0 fully saturated rings. The number of hydrogen-bond donors (Lipinski definition) is 1. The first kappa shape index (κ1) is 32.5. The van der Waals surface area contributed by atoms with Gasteiger partial charge in [0.2, 0.25) is 0 Å². The number of para-hydroxylation sites is 1. The van der Waals surface area contributed by atoms with Crippen LogP contribution in [0.3, 0.4) is 0 Å². The molecule has 3 nitrogen and oxygen atoms in total. The Morgan fingerprint density at radius 2 is 1.14 bits per heavy atom. The number of aliphatic imine (C=N–C) groups is 1. The fraction of sp³-hybridized carbons (Fsp3) is 0.0755. The number of amidine groups is 1. The smallest absolute Gasteiger partial charge is 0.134 e. The van der Waals surface area contributed by atoms with Gasteiger partial charge in [-0.05, 0) is 63.2 Å².